The second kappa shape index (κ2) is 6.20. The minimum atomic E-state index is -0.487. The van der Waals surface area contributed by atoms with E-state index in [9.17, 15) is 14.9 Å². The van der Waals surface area contributed by atoms with Gasteiger partial charge in [-0.2, -0.15) is 0 Å². The highest BCUT2D eigenvalue weighted by Crippen LogP contribution is 2.41. The maximum atomic E-state index is 12.6. The number of nitro groups is 1. The number of rotatable bonds is 5. The van der Waals surface area contributed by atoms with Crippen LogP contribution in [0.5, 0.6) is 0 Å². The molecule has 2 aromatic rings. The van der Waals surface area contributed by atoms with Crippen LogP contribution in [0.4, 0.5) is 5.69 Å². The Morgan fingerprint density at radius 1 is 1.17 bits per heavy atom. The van der Waals surface area contributed by atoms with E-state index in [4.69, 9.17) is 0 Å². The lowest BCUT2D eigenvalue weighted by Gasteiger charge is -2.19. The first-order valence-corrected chi connectivity index (χ1v) is 7.67. The molecule has 1 fully saturated rings. The van der Waals surface area contributed by atoms with Crippen molar-refractivity contribution >= 4 is 11.6 Å². The zero-order valence-electron chi connectivity index (χ0n) is 12.9. The predicted octanol–water partition coefficient (Wildman–Crippen LogP) is 3.78. The highest BCUT2D eigenvalue weighted by molar-refractivity contribution is 5.98. The summed E-state index contributed by atoms with van der Waals surface area (Å²) >= 11 is 0. The lowest BCUT2D eigenvalue weighted by molar-refractivity contribution is -0.385. The second-order valence-electron chi connectivity index (χ2n) is 5.93. The quantitative estimate of drug-likeness (QED) is 0.674. The lowest BCUT2D eigenvalue weighted by atomic mass is 10.0. The number of aryl methyl sites for hydroxylation is 1. The van der Waals surface area contributed by atoms with Crippen LogP contribution in [-0.2, 0) is 0 Å². The van der Waals surface area contributed by atoms with Gasteiger partial charge in [0, 0.05) is 5.56 Å². The van der Waals surface area contributed by atoms with E-state index in [0.717, 1.165) is 18.4 Å². The SMILES string of the molecule is Cc1cccc(C(=O)NC(c2ccccc2)C2CC2)c1[N+](=O)[O-]. The predicted molar refractivity (Wildman–Crippen MR) is 87.2 cm³/mol. The van der Waals surface area contributed by atoms with Gasteiger partial charge in [-0.15, -0.1) is 0 Å². The largest absolute Gasteiger partial charge is 0.345 e. The molecule has 0 aliphatic heterocycles. The Kier molecular flexibility index (Phi) is 4.10. The average molecular weight is 310 g/mol. The van der Waals surface area contributed by atoms with Crippen LogP contribution >= 0.6 is 0 Å². The zero-order chi connectivity index (χ0) is 16.4. The summed E-state index contributed by atoms with van der Waals surface area (Å²) < 4.78 is 0. The van der Waals surface area contributed by atoms with Crippen molar-refractivity contribution in [3.8, 4) is 0 Å². The molecule has 1 atom stereocenters. The van der Waals surface area contributed by atoms with Gasteiger partial charge in [0.1, 0.15) is 5.56 Å². The Morgan fingerprint density at radius 2 is 1.87 bits per heavy atom. The molecule has 23 heavy (non-hydrogen) atoms. The van der Waals surface area contributed by atoms with Crippen LogP contribution in [0.15, 0.2) is 48.5 Å². The smallest absolute Gasteiger partial charge is 0.285 e. The number of hydrogen-bond donors (Lipinski definition) is 1. The highest BCUT2D eigenvalue weighted by Gasteiger charge is 2.34. The summed E-state index contributed by atoms with van der Waals surface area (Å²) in [6.45, 7) is 1.64. The standard InChI is InChI=1S/C18H18N2O3/c1-12-6-5-9-15(17(12)20(22)23)18(21)19-16(14-10-11-14)13-7-3-2-4-8-13/h2-9,14,16H,10-11H2,1H3,(H,19,21). The third-order valence-corrected chi connectivity index (χ3v) is 4.20. The van der Waals surface area contributed by atoms with Crippen LogP contribution in [0.2, 0.25) is 0 Å². The van der Waals surface area contributed by atoms with Gasteiger partial charge in [0.25, 0.3) is 11.6 Å². The van der Waals surface area contributed by atoms with Crippen molar-refractivity contribution in [2.45, 2.75) is 25.8 Å². The van der Waals surface area contributed by atoms with Crippen LogP contribution in [-0.4, -0.2) is 10.8 Å². The first kappa shape index (κ1) is 15.2. The number of amides is 1. The van der Waals surface area contributed by atoms with Crippen molar-refractivity contribution in [2.75, 3.05) is 0 Å². The molecular weight excluding hydrogens is 292 g/mol. The minimum Gasteiger partial charge on any atom is -0.345 e. The molecule has 2 aromatic carbocycles. The number of nitrogens with zero attached hydrogens (tertiary/aromatic N) is 1. The topological polar surface area (TPSA) is 72.2 Å². The van der Waals surface area contributed by atoms with E-state index < -0.39 is 4.92 Å². The second-order valence-corrected chi connectivity index (χ2v) is 5.93. The Hall–Kier alpha value is -2.69. The maximum absolute atomic E-state index is 12.6. The maximum Gasteiger partial charge on any atom is 0.285 e. The van der Waals surface area contributed by atoms with E-state index in [-0.39, 0.29) is 23.2 Å². The molecule has 1 unspecified atom stereocenters. The summed E-state index contributed by atoms with van der Waals surface area (Å²) in [6.07, 6.45) is 2.13. The molecular formula is C18H18N2O3. The monoisotopic (exact) mass is 310 g/mol. The molecule has 5 nitrogen and oxygen atoms in total. The first-order valence-electron chi connectivity index (χ1n) is 7.67. The lowest BCUT2D eigenvalue weighted by Crippen LogP contribution is -2.30. The fraction of sp³-hybridized carbons (Fsp3) is 0.278. The third kappa shape index (κ3) is 3.23. The summed E-state index contributed by atoms with van der Waals surface area (Å²) in [5.74, 6) is 0.0198. The molecule has 5 heteroatoms. The van der Waals surface area contributed by atoms with Crippen molar-refractivity contribution in [1.29, 1.82) is 0 Å². The van der Waals surface area contributed by atoms with Crippen LogP contribution in [0, 0.1) is 23.0 Å². The van der Waals surface area contributed by atoms with Crippen LogP contribution in [0.1, 0.15) is 40.4 Å². The number of hydrogen-bond acceptors (Lipinski definition) is 3. The van der Waals surface area contributed by atoms with Crippen LogP contribution in [0.25, 0.3) is 0 Å². The van der Waals surface area contributed by atoms with Gasteiger partial charge >= 0.3 is 0 Å². The summed E-state index contributed by atoms with van der Waals surface area (Å²) in [4.78, 5) is 23.4. The minimum absolute atomic E-state index is 0.0937. The molecule has 3 rings (SSSR count). The normalized spacial score (nSPS) is 15.0. The molecule has 1 aliphatic carbocycles. The summed E-state index contributed by atoms with van der Waals surface area (Å²) in [5.41, 5.74) is 1.54. The summed E-state index contributed by atoms with van der Waals surface area (Å²) in [5, 5.41) is 14.3. The van der Waals surface area contributed by atoms with E-state index in [0.29, 0.717) is 11.5 Å². The molecule has 1 amide bonds. The molecule has 0 aromatic heterocycles. The van der Waals surface area contributed by atoms with E-state index >= 15 is 0 Å². The number of nitro benzene ring substituents is 1. The van der Waals surface area contributed by atoms with E-state index in [1.807, 2.05) is 30.3 Å². The van der Waals surface area contributed by atoms with Crippen molar-refractivity contribution in [3.05, 3.63) is 75.3 Å². The van der Waals surface area contributed by atoms with E-state index in [2.05, 4.69) is 5.32 Å². The van der Waals surface area contributed by atoms with E-state index in [1.54, 1.807) is 19.1 Å². The van der Waals surface area contributed by atoms with E-state index in [1.165, 1.54) is 6.07 Å². The third-order valence-electron chi connectivity index (χ3n) is 4.20. The van der Waals surface area contributed by atoms with Crippen LogP contribution in [0.3, 0.4) is 0 Å². The van der Waals surface area contributed by atoms with Gasteiger partial charge in [-0.05, 0) is 37.3 Å². The van der Waals surface area contributed by atoms with Gasteiger partial charge < -0.3 is 5.32 Å². The van der Waals surface area contributed by atoms with Gasteiger partial charge in [-0.3, -0.25) is 14.9 Å². The number of para-hydroxylation sites is 1. The highest BCUT2D eigenvalue weighted by atomic mass is 16.6. The molecule has 0 spiro atoms. The van der Waals surface area contributed by atoms with Gasteiger partial charge in [-0.1, -0.05) is 42.5 Å². The van der Waals surface area contributed by atoms with Gasteiger partial charge in [-0.25, -0.2) is 0 Å². The number of nitrogens with one attached hydrogen (secondary N) is 1. The average Bonchev–Trinajstić information content (AvgIpc) is 3.37. The molecule has 118 valence electrons. The summed E-state index contributed by atoms with van der Waals surface area (Å²) in [6, 6.07) is 14.5. The van der Waals surface area contributed by atoms with Crippen molar-refractivity contribution < 1.29 is 9.72 Å². The van der Waals surface area contributed by atoms with Gasteiger partial charge in [0.05, 0.1) is 11.0 Å². The zero-order valence-corrected chi connectivity index (χ0v) is 12.9. The fourth-order valence-corrected chi connectivity index (χ4v) is 2.87. The molecule has 0 bridgehead atoms. The van der Waals surface area contributed by atoms with Crippen molar-refractivity contribution in [2.24, 2.45) is 5.92 Å². The molecule has 1 saturated carbocycles. The first-order chi connectivity index (χ1) is 11.1. The number of carbonyl (C=O) groups excluding carboxylic acids is 1. The number of carbonyl (C=O) groups is 1. The van der Waals surface area contributed by atoms with Crippen molar-refractivity contribution in [3.63, 3.8) is 0 Å². The molecule has 0 radical (unpaired) electrons. The Labute approximate surface area is 134 Å². The molecule has 0 heterocycles. The van der Waals surface area contributed by atoms with Gasteiger partial charge in [0.2, 0.25) is 0 Å². The Bertz CT molecular complexity index is 739. The molecule has 1 aliphatic rings. The Morgan fingerprint density at radius 3 is 2.48 bits per heavy atom. The summed E-state index contributed by atoms with van der Waals surface area (Å²) in [7, 11) is 0. The Balaban J connectivity index is 1.89. The van der Waals surface area contributed by atoms with Crippen molar-refractivity contribution in [1.82, 2.24) is 5.32 Å². The van der Waals surface area contributed by atoms with Crippen LogP contribution < -0.4 is 5.32 Å². The van der Waals surface area contributed by atoms with Gasteiger partial charge in [0.15, 0.2) is 0 Å². The molecule has 0 saturated heterocycles. The molecule has 1 N–H and O–H groups in total. The fourth-order valence-electron chi connectivity index (χ4n) is 2.87. The number of benzene rings is 2.